The van der Waals surface area contributed by atoms with Crippen LogP contribution in [-0.2, 0) is 23.8 Å². The minimum Gasteiger partial charge on any atom is -0.454 e. The van der Waals surface area contributed by atoms with E-state index < -0.39 is 61.1 Å². The fourth-order valence-corrected chi connectivity index (χ4v) is 3.13. The number of pyridine rings is 1. The molecule has 11 heteroatoms. The van der Waals surface area contributed by atoms with E-state index in [4.69, 9.17) is 31.4 Å². The first-order chi connectivity index (χ1) is 15.0. The molecular formula is C21H33N4O7+. The normalized spacial score (nSPS) is 24.9. The van der Waals surface area contributed by atoms with Crippen LogP contribution in [0.25, 0.3) is 0 Å². The maximum atomic E-state index is 12.6. The van der Waals surface area contributed by atoms with Crippen molar-refractivity contribution in [1.82, 2.24) is 0 Å². The molecule has 1 aliphatic heterocycles. The minimum atomic E-state index is -1.17. The van der Waals surface area contributed by atoms with Gasteiger partial charge in [-0.05, 0) is 17.9 Å². The van der Waals surface area contributed by atoms with E-state index in [9.17, 15) is 19.5 Å². The van der Waals surface area contributed by atoms with Gasteiger partial charge >= 0.3 is 18.2 Å². The highest BCUT2D eigenvalue weighted by molar-refractivity contribution is 5.92. The fraction of sp³-hybridized carbons (Fsp3) is 0.619. The highest BCUT2D eigenvalue weighted by atomic mass is 16.6. The Morgan fingerprint density at radius 3 is 2.06 bits per heavy atom. The average Bonchev–Trinajstić information content (AvgIpc) is 3.09. The maximum absolute atomic E-state index is 12.6. The van der Waals surface area contributed by atoms with Crippen LogP contribution in [0.4, 0.5) is 0 Å². The van der Waals surface area contributed by atoms with Crippen LogP contribution in [0.15, 0.2) is 24.5 Å². The van der Waals surface area contributed by atoms with Gasteiger partial charge in [-0.1, -0.05) is 27.7 Å². The van der Waals surface area contributed by atoms with Gasteiger partial charge in [0, 0.05) is 6.07 Å². The molecule has 0 unspecified atom stereocenters. The van der Waals surface area contributed by atoms with Crippen molar-refractivity contribution in [1.29, 1.82) is 0 Å². The summed E-state index contributed by atoms with van der Waals surface area (Å²) in [4.78, 5) is 36.8. The van der Waals surface area contributed by atoms with Crippen LogP contribution >= 0.6 is 0 Å². The van der Waals surface area contributed by atoms with Crippen molar-refractivity contribution in [2.24, 2.45) is 29.0 Å². The number of amides is 1. The van der Waals surface area contributed by atoms with E-state index in [0.717, 1.165) is 0 Å². The summed E-state index contributed by atoms with van der Waals surface area (Å²) in [6.45, 7) is 6.51. The van der Waals surface area contributed by atoms with E-state index in [1.54, 1.807) is 40.0 Å². The van der Waals surface area contributed by atoms with Gasteiger partial charge < -0.3 is 36.5 Å². The minimum absolute atomic E-state index is 0.183. The van der Waals surface area contributed by atoms with E-state index in [-0.39, 0.29) is 17.4 Å². The molecule has 6 atom stereocenters. The first-order valence-corrected chi connectivity index (χ1v) is 10.5. The highest BCUT2D eigenvalue weighted by Crippen LogP contribution is 2.31. The summed E-state index contributed by atoms with van der Waals surface area (Å²) < 4.78 is 18.5. The summed E-state index contributed by atoms with van der Waals surface area (Å²) in [6.07, 6.45) is -1.38. The van der Waals surface area contributed by atoms with Gasteiger partial charge in [0.25, 0.3) is 5.91 Å². The fourth-order valence-electron chi connectivity index (χ4n) is 3.13. The van der Waals surface area contributed by atoms with Gasteiger partial charge in [-0.15, -0.1) is 0 Å². The standard InChI is InChI=1S/C21H32N4O7/c1-10(2)14(22)20(28)31-16-13(9-26)30-19(17(16)32-21(29)15(23)11(3)4)25-7-5-6-12(8-25)18(24)27/h5-8,10-11,13-17,19,26H,9,22-23H2,1-4H3,(H-,24,27)/p+1/t13-,14+,15+,16-,17-,19-/m1/s1. The first-order valence-electron chi connectivity index (χ1n) is 10.5. The maximum Gasteiger partial charge on any atom is 0.323 e. The number of aliphatic hydroxyl groups is 1. The van der Waals surface area contributed by atoms with Crippen LogP contribution in [0.2, 0.25) is 0 Å². The van der Waals surface area contributed by atoms with E-state index in [2.05, 4.69) is 0 Å². The zero-order chi connectivity index (χ0) is 24.2. The van der Waals surface area contributed by atoms with Crippen molar-refractivity contribution >= 4 is 17.8 Å². The van der Waals surface area contributed by atoms with Crippen molar-refractivity contribution in [3.05, 3.63) is 30.1 Å². The van der Waals surface area contributed by atoms with Crippen LogP contribution in [0, 0.1) is 11.8 Å². The van der Waals surface area contributed by atoms with Gasteiger partial charge in [0.05, 0.1) is 6.61 Å². The van der Waals surface area contributed by atoms with Crippen LogP contribution < -0.4 is 21.8 Å². The third-order valence-electron chi connectivity index (χ3n) is 5.35. The molecule has 11 nitrogen and oxygen atoms in total. The second kappa shape index (κ2) is 10.8. The molecule has 1 amide bonds. The molecule has 2 heterocycles. The van der Waals surface area contributed by atoms with Crippen LogP contribution in [0.1, 0.15) is 44.3 Å². The van der Waals surface area contributed by atoms with E-state index >= 15 is 0 Å². The van der Waals surface area contributed by atoms with Gasteiger partial charge in [-0.3, -0.25) is 14.4 Å². The van der Waals surface area contributed by atoms with E-state index in [1.807, 2.05) is 0 Å². The summed E-state index contributed by atoms with van der Waals surface area (Å²) in [6, 6.07) is 1.21. The summed E-state index contributed by atoms with van der Waals surface area (Å²) in [5, 5.41) is 9.86. The molecule has 1 fully saturated rings. The molecular weight excluding hydrogens is 420 g/mol. The Bertz CT molecular complexity index is 832. The molecule has 1 aromatic rings. The number of carbonyl (C=O) groups is 3. The number of esters is 2. The summed E-state index contributed by atoms with van der Waals surface area (Å²) in [7, 11) is 0. The Hall–Kier alpha value is -2.60. The molecule has 1 aliphatic rings. The molecule has 32 heavy (non-hydrogen) atoms. The molecule has 1 aromatic heterocycles. The molecule has 0 saturated carbocycles. The number of carbonyl (C=O) groups excluding carboxylic acids is 3. The summed E-state index contributed by atoms with van der Waals surface area (Å²) in [5.74, 6) is -2.53. The van der Waals surface area contributed by atoms with Crippen molar-refractivity contribution in [2.75, 3.05) is 6.61 Å². The van der Waals surface area contributed by atoms with Crippen molar-refractivity contribution in [3.63, 3.8) is 0 Å². The van der Waals surface area contributed by atoms with Crippen molar-refractivity contribution < 1.29 is 38.3 Å². The number of primary amides is 1. The zero-order valence-electron chi connectivity index (χ0n) is 18.7. The van der Waals surface area contributed by atoms with Gasteiger partial charge in [-0.2, -0.15) is 4.57 Å². The van der Waals surface area contributed by atoms with Crippen molar-refractivity contribution in [2.45, 2.75) is 64.3 Å². The first kappa shape index (κ1) is 25.7. The molecule has 0 spiro atoms. The monoisotopic (exact) mass is 453 g/mol. The van der Waals surface area contributed by atoms with E-state index in [0.29, 0.717) is 0 Å². The molecule has 0 radical (unpaired) electrons. The molecule has 7 N–H and O–H groups in total. The average molecular weight is 454 g/mol. The largest absolute Gasteiger partial charge is 0.454 e. The second-order valence-corrected chi connectivity index (χ2v) is 8.49. The van der Waals surface area contributed by atoms with Gasteiger partial charge in [-0.25, -0.2) is 0 Å². The predicted molar refractivity (Wildman–Crippen MR) is 112 cm³/mol. The lowest BCUT2D eigenvalue weighted by Gasteiger charge is -2.25. The lowest BCUT2D eigenvalue weighted by molar-refractivity contribution is -0.765. The third kappa shape index (κ3) is 5.80. The van der Waals surface area contributed by atoms with Crippen LogP contribution in [0.5, 0.6) is 0 Å². The highest BCUT2D eigenvalue weighted by Gasteiger charge is 2.55. The molecule has 0 aromatic carbocycles. The number of aromatic nitrogens is 1. The molecule has 178 valence electrons. The number of rotatable bonds is 9. The van der Waals surface area contributed by atoms with E-state index in [1.165, 1.54) is 16.8 Å². The van der Waals surface area contributed by atoms with Gasteiger partial charge in [0.15, 0.2) is 18.5 Å². The molecule has 0 bridgehead atoms. The van der Waals surface area contributed by atoms with Gasteiger partial charge in [0.2, 0.25) is 6.10 Å². The Balaban J connectivity index is 2.43. The zero-order valence-corrected chi connectivity index (χ0v) is 18.7. The third-order valence-corrected chi connectivity index (χ3v) is 5.35. The number of hydrogen-bond acceptors (Lipinski definition) is 9. The Morgan fingerprint density at radius 1 is 1.06 bits per heavy atom. The number of hydrogen-bond donors (Lipinski definition) is 4. The number of nitrogens with two attached hydrogens (primary N) is 3. The Labute approximate surface area is 186 Å². The second-order valence-electron chi connectivity index (χ2n) is 8.49. The lowest BCUT2D eigenvalue weighted by atomic mass is 10.0. The molecule has 1 saturated heterocycles. The number of ether oxygens (including phenoxy) is 3. The lowest BCUT2D eigenvalue weighted by Crippen LogP contribution is -2.52. The Kier molecular flexibility index (Phi) is 8.67. The molecule has 2 rings (SSSR count). The van der Waals surface area contributed by atoms with Crippen LogP contribution in [0.3, 0.4) is 0 Å². The Morgan fingerprint density at radius 2 is 1.59 bits per heavy atom. The van der Waals surface area contributed by atoms with Gasteiger partial charge in [0.1, 0.15) is 23.8 Å². The summed E-state index contributed by atoms with van der Waals surface area (Å²) in [5.41, 5.74) is 17.4. The SMILES string of the molecule is CC(C)[C@H](N)C(=O)O[C@@H]1[C@H](OC(=O)[C@@H](N)C(C)C)[C@@H](CO)O[C@H]1[n+]1cccc(C(N)=O)c1. The number of aliphatic hydroxyl groups excluding tert-OH is 1. The quantitative estimate of drug-likeness (QED) is 0.262. The smallest absolute Gasteiger partial charge is 0.323 e. The molecule has 0 aliphatic carbocycles. The predicted octanol–water partition coefficient (Wildman–Crippen LogP) is -1.25. The van der Waals surface area contributed by atoms with Crippen LogP contribution in [-0.4, -0.2) is 60.0 Å². The topological polar surface area (TPSA) is 181 Å². The summed E-state index contributed by atoms with van der Waals surface area (Å²) >= 11 is 0. The van der Waals surface area contributed by atoms with Crippen molar-refractivity contribution in [3.8, 4) is 0 Å². The number of nitrogens with zero attached hydrogens (tertiary/aromatic N) is 1.